The molecule has 0 unspecified atom stereocenters. The van der Waals surface area contributed by atoms with Gasteiger partial charge in [0.1, 0.15) is 12.4 Å². The first-order valence-corrected chi connectivity index (χ1v) is 6.95. The normalized spacial score (nSPS) is 10.8. The van der Waals surface area contributed by atoms with Crippen molar-refractivity contribution in [1.82, 2.24) is 9.38 Å². The lowest BCUT2D eigenvalue weighted by molar-refractivity contribution is 0.0693. The van der Waals surface area contributed by atoms with Crippen LogP contribution in [-0.2, 0) is 6.61 Å². The Hall–Kier alpha value is -2.82. The van der Waals surface area contributed by atoms with Gasteiger partial charge in [-0.25, -0.2) is 9.78 Å². The van der Waals surface area contributed by atoms with Crippen molar-refractivity contribution in [2.45, 2.75) is 20.5 Å². The first-order valence-electron chi connectivity index (χ1n) is 6.95. The summed E-state index contributed by atoms with van der Waals surface area (Å²) in [5, 5.41) is 9.29. The van der Waals surface area contributed by atoms with Crippen LogP contribution < -0.4 is 4.74 Å². The number of hydrogen-bond donors (Lipinski definition) is 1. The molecule has 0 aliphatic carbocycles. The predicted molar refractivity (Wildman–Crippen MR) is 82.4 cm³/mol. The Bertz CT molecular complexity index is 852. The molecule has 22 heavy (non-hydrogen) atoms. The van der Waals surface area contributed by atoms with Crippen molar-refractivity contribution in [3.05, 3.63) is 65.2 Å². The number of hydrogen-bond acceptors (Lipinski definition) is 3. The largest absolute Gasteiger partial charge is 0.486 e. The van der Waals surface area contributed by atoms with Crippen LogP contribution in [0, 0.1) is 13.8 Å². The highest BCUT2D eigenvalue weighted by molar-refractivity contribution is 5.93. The van der Waals surface area contributed by atoms with Crippen molar-refractivity contribution in [3.8, 4) is 5.75 Å². The predicted octanol–water partition coefficient (Wildman–Crippen LogP) is 3.23. The van der Waals surface area contributed by atoms with Gasteiger partial charge in [-0.1, -0.05) is 12.1 Å². The molecular formula is C17H16N2O3. The van der Waals surface area contributed by atoms with Crippen LogP contribution in [0.25, 0.3) is 5.52 Å². The highest BCUT2D eigenvalue weighted by Crippen LogP contribution is 2.18. The standard InChI is InChI=1S/C17H16N2O3/c1-11-4-3-5-13(8-11)22-10-15-18-16(17(20)21)14-9-12(2)6-7-19(14)15/h3-9H,10H2,1-2H3,(H,20,21). The van der Waals surface area contributed by atoms with Crippen molar-refractivity contribution in [2.24, 2.45) is 0 Å². The van der Waals surface area contributed by atoms with Crippen LogP contribution in [0.5, 0.6) is 5.75 Å². The molecule has 0 amide bonds. The Morgan fingerprint density at radius 3 is 2.73 bits per heavy atom. The number of carbonyl (C=O) groups is 1. The molecule has 0 aliphatic rings. The average Bonchev–Trinajstić information content (AvgIpc) is 2.83. The van der Waals surface area contributed by atoms with Crippen LogP contribution in [0.15, 0.2) is 42.6 Å². The van der Waals surface area contributed by atoms with E-state index in [2.05, 4.69) is 4.98 Å². The lowest BCUT2D eigenvalue weighted by Crippen LogP contribution is -2.01. The zero-order valence-corrected chi connectivity index (χ0v) is 12.4. The molecule has 0 radical (unpaired) electrons. The Kier molecular flexibility index (Phi) is 3.55. The van der Waals surface area contributed by atoms with Crippen molar-refractivity contribution >= 4 is 11.5 Å². The fourth-order valence-electron chi connectivity index (χ4n) is 2.37. The molecule has 1 N–H and O–H groups in total. The highest BCUT2D eigenvalue weighted by Gasteiger charge is 2.17. The summed E-state index contributed by atoms with van der Waals surface area (Å²) in [7, 11) is 0. The summed E-state index contributed by atoms with van der Waals surface area (Å²) in [5.41, 5.74) is 2.72. The number of rotatable bonds is 4. The number of imidazole rings is 1. The van der Waals surface area contributed by atoms with Crippen molar-refractivity contribution in [2.75, 3.05) is 0 Å². The maximum Gasteiger partial charge on any atom is 0.356 e. The second-order valence-electron chi connectivity index (χ2n) is 5.25. The van der Waals surface area contributed by atoms with E-state index >= 15 is 0 Å². The molecule has 3 aromatic rings. The Labute approximate surface area is 127 Å². The molecule has 0 atom stereocenters. The molecule has 1 aromatic carbocycles. The third-order valence-corrected chi connectivity index (χ3v) is 3.43. The monoisotopic (exact) mass is 296 g/mol. The summed E-state index contributed by atoms with van der Waals surface area (Å²) in [6.45, 7) is 4.12. The molecule has 0 aliphatic heterocycles. The van der Waals surface area contributed by atoms with E-state index in [0.717, 1.165) is 16.9 Å². The lowest BCUT2D eigenvalue weighted by Gasteiger charge is -2.06. The van der Waals surface area contributed by atoms with E-state index in [9.17, 15) is 9.90 Å². The van der Waals surface area contributed by atoms with Crippen molar-refractivity contribution in [1.29, 1.82) is 0 Å². The van der Waals surface area contributed by atoms with Gasteiger partial charge in [-0.3, -0.25) is 4.40 Å². The minimum Gasteiger partial charge on any atom is -0.486 e. The number of ether oxygens (including phenoxy) is 1. The van der Waals surface area contributed by atoms with E-state index in [0.29, 0.717) is 11.3 Å². The third-order valence-electron chi connectivity index (χ3n) is 3.43. The molecule has 0 saturated heterocycles. The van der Waals surface area contributed by atoms with Crippen molar-refractivity contribution in [3.63, 3.8) is 0 Å². The summed E-state index contributed by atoms with van der Waals surface area (Å²) >= 11 is 0. The summed E-state index contributed by atoms with van der Waals surface area (Å²) in [6.07, 6.45) is 1.82. The van der Waals surface area contributed by atoms with Gasteiger partial charge in [0.2, 0.25) is 0 Å². The fraction of sp³-hybridized carbons (Fsp3) is 0.176. The van der Waals surface area contributed by atoms with Gasteiger partial charge in [-0.05, 0) is 49.2 Å². The molecule has 0 saturated carbocycles. The van der Waals surface area contributed by atoms with Gasteiger partial charge in [0.15, 0.2) is 11.5 Å². The number of pyridine rings is 1. The second-order valence-corrected chi connectivity index (χ2v) is 5.25. The molecule has 5 nitrogen and oxygen atoms in total. The first-order chi connectivity index (χ1) is 10.5. The number of benzene rings is 1. The topological polar surface area (TPSA) is 63.8 Å². The van der Waals surface area contributed by atoms with Crippen molar-refractivity contribution < 1.29 is 14.6 Å². The van der Waals surface area contributed by atoms with Gasteiger partial charge in [-0.15, -0.1) is 0 Å². The lowest BCUT2D eigenvalue weighted by atomic mass is 10.2. The zero-order chi connectivity index (χ0) is 15.7. The van der Waals surface area contributed by atoms with Gasteiger partial charge in [-0.2, -0.15) is 0 Å². The van der Waals surface area contributed by atoms with Crippen LogP contribution in [0.2, 0.25) is 0 Å². The molecule has 5 heteroatoms. The number of fused-ring (bicyclic) bond motifs is 1. The molecule has 0 fully saturated rings. The number of carboxylic acid groups (broad SMARTS) is 1. The minimum absolute atomic E-state index is 0.0477. The van der Waals surface area contributed by atoms with Crippen LogP contribution in [-0.4, -0.2) is 20.5 Å². The molecule has 2 aromatic heterocycles. The molecule has 0 bridgehead atoms. The summed E-state index contributed by atoms with van der Waals surface area (Å²) in [6, 6.07) is 11.4. The van der Waals surface area contributed by atoms with Gasteiger partial charge in [0.25, 0.3) is 0 Å². The van der Waals surface area contributed by atoms with Gasteiger partial charge < -0.3 is 9.84 Å². The van der Waals surface area contributed by atoms with Gasteiger partial charge in [0, 0.05) is 6.20 Å². The minimum atomic E-state index is -1.04. The number of aromatic carboxylic acids is 1. The van der Waals surface area contributed by atoms with E-state index in [1.54, 1.807) is 4.40 Å². The van der Waals surface area contributed by atoms with Crippen LogP contribution in [0.4, 0.5) is 0 Å². The number of aryl methyl sites for hydroxylation is 2. The first kappa shape index (κ1) is 14.1. The molecule has 0 spiro atoms. The SMILES string of the molecule is Cc1cccc(OCc2nc(C(=O)O)c3cc(C)ccn23)c1. The van der Waals surface area contributed by atoms with E-state index in [-0.39, 0.29) is 12.3 Å². The summed E-state index contributed by atoms with van der Waals surface area (Å²) in [4.78, 5) is 15.5. The Morgan fingerprint density at radius 2 is 2.00 bits per heavy atom. The highest BCUT2D eigenvalue weighted by atomic mass is 16.5. The Balaban J connectivity index is 1.95. The van der Waals surface area contributed by atoms with Crippen LogP contribution >= 0.6 is 0 Å². The second kappa shape index (κ2) is 5.52. The zero-order valence-electron chi connectivity index (χ0n) is 12.4. The van der Waals surface area contributed by atoms with E-state index in [1.807, 2.05) is 56.4 Å². The van der Waals surface area contributed by atoms with Crippen LogP contribution in [0.3, 0.4) is 0 Å². The fourth-order valence-corrected chi connectivity index (χ4v) is 2.37. The Morgan fingerprint density at radius 1 is 1.23 bits per heavy atom. The van der Waals surface area contributed by atoms with E-state index in [1.165, 1.54) is 0 Å². The maximum absolute atomic E-state index is 11.3. The molecule has 112 valence electrons. The molecular weight excluding hydrogens is 280 g/mol. The number of carboxylic acids is 1. The summed E-state index contributed by atoms with van der Waals surface area (Å²) in [5.74, 6) is 0.263. The summed E-state index contributed by atoms with van der Waals surface area (Å²) < 4.78 is 7.48. The van der Waals surface area contributed by atoms with Crippen LogP contribution in [0.1, 0.15) is 27.4 Å². The quantitative estimate of drug-likeness (QED) is 0.803. The average molecular weight is 296 g/mol. The maximum atomic E-state index is 11.3. The number of aromatic nitrogens is 2. The third kappa shape index (κ3) is 2.65. The van der Waals surface area contributed by atoms with E-state index in [4.69, 9.17) is 4.74 Å². The molecule has 2 heterocycles. The van der Waals surface area contributed by atoms with Gasteiger partial charge >= 0.3 is 5.97 Å². The van der Waals surface area contributed by atoms with Gasteiger partial charge in [0.05, 0.1) is 5.52 Å². The molecule has 3 rings (SSSR count). The van der Waals surface area contributed by atoms with E-state index < -0.39 is 5.97 Å². The smallest absolute Gasteiger partial charge is 0.356 e. The number of nitrogens with zero attached hydrogens (tertiary/aromatic N) is 2.